The van der Waals surface area contributed by atoms with Crippen LogP contribution in [0.4, 0.5) is 5.69 Å². The Labute approximate surface area is 127 Å². The lowest BCUT2D eigenvalue weighted by Gasteiger charge is -2.02. The predicted octanol–water partition coefficient (Wildman–Crippen LogP) is 3.16. The summed E-state index contributed by atoms with van der Waals surface area (Å²) < 4.78 is 7.01. The standard InChI is InChI=1S/C15H16N4OS/c1-19-9-12(7-17-19)16-8-15-18-14(10-21-15)11-4-3-5-13(6-11)20-2/h3-7,9-10,16H,8H2,1-2H3. The summed E-state index contributed by atoms with van der Waals surface area (Å²) in [6.07, 6.45) is 3.74. The Balaban J connectivity index is 1.70. The van der Waals surface area contributed by atoms with Gasteiger partial charge < -0.3 is 10.1 Å². The van der Waals surface area contributed by atoms with Crippen LogP contribution in [0, 0.1) is 0 Å². The van der Waals surface area contributed by atoms with Gasteiger partial charge in [-0.25, -0.2) is 4.98 Å². The number of aryl methyl sites for hydroxylation is 1. The van der Waals surface area contributed by atoms with Gasteiger partial charge in [0.1, 0.15) is 10.8 Å². The number of hydrogen-bond donors (Lipinski definition) is 1. The smallest absolute Gasteiger partial charge is 0.119 e. The van der Waals surface area contributed by atoms with Crippen LogP contribution in [-0.4, -0.2) is 21.9 Å². The largest absolute Gasteiger partial charge is 0.497 e. The molecule has 2 aromatic heterocycles. The summed E-state index contributed by atoms with van der Waals surface area (Å²) >= 11 is 1.64. The molecule has 0 spiro atoms. The molecule has 0 unspecified atom stereocenters. The van der Waals surface area contributed by atoms with Gasteiger partial charge in [0.15, 0.2) is 0 Å². The Morgan fingerprint density at radius 1 is 1.38 bits per heavy atom. The maximum atomic E-state index is 5.24. The number of rotatable bonds is 5. The molecule has 5 nitrogen and oxygen atoms in total. The SMILES string of the molecule is COc1cccc(-c2csc(CNc3cnn(C)c3)n2)c1. The van der Waals surface area contributed by atoms with E-state index in [9.17, 15) is 0 Å². The first kappa shape index (κ1) is 13.6. The first-order valence-electron chi connectivity index (χ1n) is 6.56. The van der Waals surface area contributed by atoms with Gasteiger partial charge in [0, 0.05) is 24.2 Å². The summed E-state index contributed by atoms with van der Waals surface area (Å²) in [5.41, 5.74) is 3.04. The van der Waals surface area contributed by atoms with Crippen molar-refractivity contribution in [2.24, 2.45) is 7.05 Å². The lowest BCUT2D eigenvalue weighted by Crippen LogP contribution is -1.97. The first-order valence-corrected chi connectivity index (χ1v) is 7.44. The number of aromatic nitrogens is 3. The topological polar surface area (TPSA) is 52.0 Å². The van der Waals surface area contributed by atoms with Gasteiger partial charge in [-0.1, -0.05) is 12.1 Å². The molecular formula is C15H16N4OS. The minimum atomic E-state index is 0.695. The highest BCUT2D eigenvalue weighted by Gasteiger charge is 2.06. The molecule has 2 heterocycles. The molecule has 0 saturated carbocycles. The molecule has 1 N–H and O–H groups in total. The summed E-state index contributed by atoms with van der Waals surface area (Å²) in [7, 11) is 3.57. The van der Waals surface area contributed by atoms with Gasteiger partial charge in [0.25, 0.3) is 0 Å². The second kappa shape index (κ2) is 5.97. The minimum absolute atomic E-state index is 0.695. The average molecular weight is 300 g/mol. The molecule has 0 atom stereocenters. The fourth-order valence-electron chi connectivity index (χ4n) is 2.00. The quantitative estimate of drug-likeness (QED) is 0.786. The third-order valence-corrected chi connectivity index (χ3v) is 3.91. The van der Waals surface area contributed by atoms with Crippen LogP contribution in [0.5, 0.6) is 5.75 Å². The molecule has 0 fully saturated rings. The number of thiazole rings is 1. The molecule has 0 radical (unpaired) electrons. The van der Waals surface area contributed by atoms with Crippen molar-refractivity contribution >= 4 is 17.0 Å². The number of nitrogens with one attached hydrogen (secondary N) is 1. The monoisotopic (exact) mass is 300 g/mol. The Bertz CT molecular complexity index is 735. The minimum Gasteiger partial charge on any atom is -0.497 e. The third kappa shape index (κ3) is 3.22. The molecule has 0 aliphatic rings. The zero-order chi connectivity index (χ0) is 14.7. The van der Waals surface area contributed by atoms with Gasteiger partial charge in [0.05, 0.1) is 31.2 Å². The predicted molar refractivity (Wildman–Crippen MR) is 84.6 cm³/mol. The van der Waals surface area contributed by atoms with E-state index >= 15 is 0 Å². The molecule has 0 aliphatic heterocycles. The highest BCUT2D eigenvalue weighted by atomic mass is 32.1. The number of ether oxygens (including phenoxy) is 1. The lowest BCUT2D eigenvalue weighted by molar-refractivity contribution is 0.415. The van der Waals surface area contributed by atoms with Crippen molar-refractivity contribution in [2.45, 2.75) is 6.54 Å². The Morgan fingerprint density at radius 2 is 2.29 bits per heavy atom. The first-order chi connectivity index (χ1) is 10.2. The van der Waals surface area contributed by atoms with Gasteiger partial charge in [-0.15, -0.1) is 11.3 Å². The van der Waals surface area contributed by atoms with Crippen molar-refractivity contribution < 1.29 is 4.74 Å². The van der Waals surface area contributed by atoms with Crippen LogP contribution >= 0.6 is 11.3 Å². The summed E-state index contributed by atoms with van der Waals surface area (Å²) in [4.78, 5) is 4.65. The van der Waals surface area contributed by atoms with E-state index in [-0.39, 0.29) is 0 Å². The number of methoxy groups -OCH3 is 1. The molecule has 108 valence electrons. The van der Waals surface area contributed by atoms with Crippen molar-refractivity contribution in [3.05, 3.63) is 47.0 Å². The molecule has 21 heavy (non-hydrogen) atoms. The van der Waals surface area contributed by atoms with E-state index in [1.807, 2.05) is 37.5 Å². The number of benzene rings is 1. The van der Waals surface area contributed by atoms with E-state index in [1.54, 1.807) is 29.3 Å². The van der Waals surface area contributed by atoms with Crippen LogP contribution in [0.25, 0.3) is 11.3 Å². The molecule has 3 rings (SSSR count). The number of anilines is 1. The van der Waals surface area contributed by atoms with Crippen LogP contribution in [0.1, 0.15) is 5.01 Å². The Hall–Kier alpha value is -2.34. The van der Waals surface area contributed by atoms with Crippen molar-refractivity contribution in [3.63, 3.8) is 0 Å². The number of nitrogens with zero attached hydrogens (tertiary/aromatic N) is 3. The molecular weight excluding hydrogens is 284 g/mol. The lowest BCUT2D eigenvalue weighted by atomic mass is 10.2. The van der Waals surface area contributed by atoms with Crippen molar-refractivity contribution in [1.29, 1.82) is 0 Å². The average Bonchev–Trinajstić information content (AvgIpc) is 3.14. The van der Waals surface area contributed by atoms with Gasteiger partial charge in [-0.2, -0.15) is 5.10 Å². The summed E-state index contributed by atoms with van der Waals surface area (Å²) in [6.45, 7) is 0.695. The highest BCUT2D eigenvalue weighted by molar-refractivity contribution is 7.09. The molecule has 0 bridgehead atoms. The van der Waals surface area contributed by atoms with Crippen molar-refractivity contribution in [3.8, 4) is 17.0 Å². The molecule has 1 aromatic carbocycles. The van der Waals surface area contributed by atoms with E-state index in [0.717, 1.165) is 27.7 Å². The van der Waals surface area contributed by atoms with Gasteiger partial charge in [-0.05, 0) is 12.1 Å². The van der Waals surface area contributed by atoms with E-state index in [2.05, 4.69) is 20.8 Å². The zero-order valence-corrected chi connectivity index (χ0v) is 12.7. The van der Waals surface area contributed by atoms with E-state index in [1.165, 1.54) is 0 Å². The van der Waals surface area contributed by atoms with Crippen molar-refractivity contribution in [1.82, 2.24) is 14.8 Å². The Morgan fingerprint density at radius 3 is 3.05 bits per heavy atom. The maximum absolute atomic E-state index is 5.24. The summed E-state index contributed by atoms with van der Waals surface area (Å²) in [6, 6.07) is 7.94. The van der Waals surface area contributed by atoms with Crippen LogP contribution in [0.2, 0.25) is 0 Å². The Kier molecular flexibility index (Phi) is 3.87. The molecule has 6 heteroatoms. The molecule has 0 amide bonds. The van der Waals surface area contributed by atoms with Crippen LogP contribution in [-0.2, 0) is 13.6 Å². The zero-order valence-electron chi connectivity index (χ0n) is 11.9. The van der Waals surface area contributed by atoms with Gasteiger partial charge in [-0.3, -0.25) is 4.68 Å². The van der Waals surface area contributed by atoms with Crippen LogP contribution < -0.4 is 10.1 Å². The molecule has 0 aliphatic carbocycles. The van der Waals surface area contributed by atoms with E-state index < -0.39 is 0 Å². The summed E-state index contributed by atoms with van der Waals surface area (Å²) in [5, 5.41) is 10.5. The molecule has 3 aromatic rings. The fraction of sp³-hybridized carbons (Fsp3) is 0.200. The highest BCUT2D eigenvalue weighted by Crippen LogP contribution is 2.25. The fourth-order valence-corrected chi connectivity index (χ4v) is 2.74. The maximum Gasteiger partial charge on any atom is 0.119 e. The number of hydrogen-bond acceptors (Lipinski definition) is 5. The van der Waals surface area contributed by atoms with Crippen LogP contribution in [0.3, 0.4) is 0 Å². The second-order valence-corrected chi connectivity index (χ2v) is 5.56. The molecule has 0 saturated heterocycles. The normalized spacial score (nSPS) is 10.6. The van der Waals surface area contributed by atoms with Crippen LogP contribution in [0.15, 0.2) is 42.0 Å². The van der Waals surface area contributed by atoms with Crippen molar-refractivity contribution in [2.75, 3.05) is 12.4 Å². The van der Waals surface area contributed by atoms with Gasteiger partial charge >= 0.3 is 0 Å². The second-order valence-electron chi connectivity index (χ2n) is 4.61. The van der Waals surface area contributed by atoms with E-state index in [0.29, 0.717) is 6.54 Å². The van der Waals surface area contributed by atoms with Gasteiger partial charge in [0.2, 0.25) is 0 Å². The third-order valence-electron chi connectivity index (χ3n) is 3.07. The summed E-state index contributed by atoms with van der Waals surface area (Å²) in [5.74, 6) is 0.843. The van der Waals surface area contributed by atoms with E-state index in [4.69, 9.17) is 4.74 Å².